The molecule has 33 heteroatoms. The van der Waals surface area contributed by atoms with Crippen molar-refractivity contribution >= 4 is 168 Å². The van der Waals surface area contributed by atoms with E-state index in [1.165, 1.54) is 0 Å². The largest absolute Gasteiger partial charge is 0.466 e. The summed E-state index contributed by atoms with van der Waals surface area (Å²) in [6.45, 7) is 13.6. The maximum atomic E-state index is 12.9. The minimum Gasteiger partial charge on any atom is -0.466 e. The van der Waals surface area contributed by atoms with Gasteiger partial charge in [0, 0.05) is 48.4 Å². The van der Waals surface area contributed by atoms with Gasteiger partial charge in [-0.25, -0.2) is 28.1 Å². The first-order chi connectivity index (χ1) is 40.1. The SMILES string of the molecule is CC(S)CC(=O)OCC(COC(=O)CC(C)S)(COC(=O)CC(C)S)COC(=O)CC(C)S.CC(S)CC(=O)OCCCCOC(=O)CC(C)S.CCCC(=O)OCCn1c(=O)n(CCOC(=O)CC(C)S)c(=O)n(CCOC(=O)CC(C)S)c1=O.S. The van der Waals surface area contributed by atoms with Gasteiger partial charge in [0.25, 0.3) is 0 Å². The molecule has 1 heterocycles. The molecule has 0 aromatic carbocycles. The topological polar surface area (TPSA) is 303 Å². The Bertz CT molecular complexity index is 2210. The molecule has 0 saturated heterocycles. The van der Waals surface area contributed by atoms with E-state index in [2.05, 4.69) is 101 Å². The molecule has 1 rings (SSSR count). The van der Waals surface area contributed by atoms with Gasteiger partial charge >= 0.3 is 70.8 Å². The fraction of sp³-hybridized carbons (Fsp3) is 0.778. The molecule has 0 spiro atoms. The Labute approximate surface area is 561 Å². The van der Waals surface area contributed by atoms with E-state index < -0.39 is 64.3 Å². The number of unbranched alkanes of at least 4 members (excludes halogenated alkanes) is 1. The van der Waals surface area contributed by atoms with E-state index in [0.29, 0.717) is 45.3 Å². The Hall–Kier alpha value is -3.21. The number of carbonyl (C=O) groups is 9. The fourth-order valence-electron chi connectivity index (χ4n) is 6.45. The van der Waals surface area contributed by atoms with Crippen LogP contribution in [0.25, 0.3) is 0 Å². The molecule has 0 bridgehead atoms. The molecule has 0 aliphatic heterocycles. The van der Waals surface area contributed by atoms with E-state index in [1.807, 2.05) is 13.8 Å². The predicted molar refractivity (Wildman–Crippen MR) is 359 cm³/mol. The van der Waals surface area contributed by atoms with Crippen molar-refractivity contribution < 1.29 is 85.8 Å². The maximum absolute atomic E-state index is 12.9. The van der Waals surface area contributed by atoms with Gasteiger partial charge in [0.15, 0.2) is 0 Å². The number of thiol groups is 8. The number of aromatic nitrogens is 3. The highest BCUT2D eigenvalue weighted by atomic mass is 32.1. The second-order valence-corrected chi connectivity index (χ2v) is 27.5. The molecule has 0 N–H and O–H groups in total. The molecule has 0 aliphatic rings. The van der Waals surface area contributed by atoms with E-state index in [-0.39, 0.29) is 178 Å². The third-order valence-corrected chi connectivity index (χ3v) is 12.0. The van der Waals surface area contributed by atoms with Gasteiger partial charge in [-0.3, -0.25) is 43.2 Å². The smallest absolute Gasteiger partial charge is 0.336 e. The number of hydrogen-bond donors (Lipinski definition) is 8. The third kappa shape index (κ3) is 47.4. The summed E-state index contributed by atoms with van der Waals surface area (Å²) in [6, 6.07) is 0. The molecule has 0 amide bonds. The first-order valence-corrected chi connectivity index (χ1v) is 32.1. The Morgan fingerprint density at radius 2 is 0.517 bits per heavy atom. The highest BCUT2D eigenvalue weighted by Crippen LogP contribution is 2.24. The lowest BCUT2D eigenvalue weighted by molar-refractivity contribution is -0.171. The molecule has 0 saturated carbocycles. The van der Waals surface area contributed by atoms with Gasteiger partial charge in [0.2, 0.25) is 0 Å². The van der Waals surface area contributed by atoms with E-state index in [0.717, 1.165) is 13.7 Å². The zero-order valence-corrected chi connectivity index (χ0v) is 59.2. The second-order valence-electron chi connectivity index (χ2n) is 20.4. The molecule has 0 radical (unpaired) electrons. The van der Waals surface area contributed by atoms with Crippen LogP contribution in [0.5, 0.6) is 0 Å². The molecule has 8 atom stereocenters. The van der Waals surface area contributed by atoms with Crippen LogP contribution in [-0.2, 0) is 105 Å². The van der Waals surface area contributed by atoms with Crippen LogP contribution in [-0.4, -0.2) is 169 Å². The highest BCUT2D eigenvalue weighted by Gasteiger charge is 2.38. The number of rotatable bonds is 40. The van der Waals surface area contributed by atoms with Crippen LogP contribution in [0.3, 0.4) is 0 Å². The first kappa shape index (κ1) is 88.0. The molecule has 8 unspecified atom stereocenters. The normalized spacial score (nSPS) is 14.2. The van der Waals surface area contributed by atoms with Crippen LogP contribution in [0.1, 0.15) is 139 Å². The van der Waals surface area contributed by atoms with E-state index in [4.69, 9.17) is 42.6 Å². The Morgan fingerprint density at radius 3 is 0.713 bits per heavy atom. The lowest BCUT2D eigenvalue weighted by atomic mass is 9.92. The minimum atomic E-state index is -1.30. The van der Waals surface area contributed by atoms with Crippen molar-refractivity contribution in [3.8, 4) is 0 Å². The predicted octanol–water partition coefficient (Wildman–Crippen LogP) is 5.38. The summed E-state index contributed by atoms with van der Waals surface area (Å²) in [6.07, 6.45) is 3.05. The van der Waals surface area contributed by atoms with Gasteiger partial charge in [-0.1, -0.05) is 62.3 Å². The highest BCUT2D eigenvalue weighted by molar-refractivity contribution is 7.82. The lowest BCUT2D eigenvalue weighted by Crippen LogP contribution is -2.55. The number of ether oxygens (including phenoxy) is 9. The number of carbonyl (C=O) groups excluding carboxylic acids is 9. The van der Waals surface area contributed by atoms with Crippen molar-refractivity contribution in [1.29, 1.82) is 0 Å². The number of hydrogen-bond acceptors (Lipinski definition) is 29. The van der Waals surface area contributed by atoms with Crippen LogP contribution in [0.4, 0.5) is 0 Å². The molecule has 0 aliphatic carbocycles. The van der Waals surface area contributed by atoms with Gasteiger partial charge in [-0.15, -0.1) is 0 Å². The molecule has 504 valence electrons. The number of esters is 9. The quantitative estimate of drug-likeness (QED) is 0.0177. The summed E-state index contributed by atoms with van der Waals surface area (Å²) in [5.74, 6) is -4.22. The monoisotopic (exact) mass is 1410 g/mol. The van der Waals surface area contributed by atoms with Crippen molar-refractivity contribution in [2.75, 3.05) is 59.5 Å². The molecular weight excluding hydrogens is 1320 g/mol. The van der Waals surface area contributed by atoms with Gasteiger partial charge in [0.1, 0.15) is 51.7 Å². The second kappa shape index (κ2) is 50.4. The van der Waals surface area contributed by atoms with Crippen molar-refractivity contribution in [2.24, 2.45) is 5.41 Å². The standard InChI is InChI=1S/C21H33N3O9S2.C21H36O8S4.C12H22O4S2.H2S/c1-4-5-16(25)31-9-6-22-19(28)23(7-10-32-17(26)12-14(2)34)21(30)24(20(22)29)8-11-33-18(27)13-15(3)35;1-13(30)5-17(22)26-9-21(10-27-18(23)6-14(2)31,11-28-19(24)7-15(3)32)12-29-20(25)8-16(4)33;1-9(17)7-11(13)15-5-3-4-6-16-12(14)8-10(2)18;/h14-15,34-35H,4-13H2,1-3H3;13-16,30-33H,5-12H2,1-4H3;9-10,17-18H,3-8H2,1-2H3;1H2. The summed E-state index contributed by atoms with van der Waals surface area (Å²) < 4.78 is 48.7. The van der Waals surface area contributed by atoms with Crippen LogP contribution in [0.15, 0.2) is 14.4 Å². The van der Waals surface area contributed by atoms with Crippen LogP contribution < -0.4 is 17.1 Å². The van der Waals surface area contributed by atoms with Crippen molar-refractivity contribution in [1.82, 2.24) is 13.7 Å². The van der Waals surface area contributed by atoms with E-state index >= 15 is 0 Å². The minimum absolute atomic E-state index is 0. The van der Waals surface area contributed by atoms with E-state index in [1.54, 1.807) is 48.5 Å². The van der Waals surface area contributed by atoms with E-state index in [9.17, 15) is 57.5 Å². The molecule has 24 nitrogen and oxygen atoms in total. The van der Waals surface area contributed by atoms with Gasteiger partial charge in [-0.05, 0) is 19.3 Å². The van der Waals surface area contributed by atoms with Crippen LogP contribution >= 0.6 is 115 Å². The molecule has 0 fully saturated rings. The summed E-state index contributed by atoms with van der Waals surface area (Å²) >= 11 is 33.1. The summed E-state index contributed by atoms with van der Waals surface area (Å²) in [4.78, 5) is 144. The van der Waals surface area contributed by atoms with Gasteiger partial charge in [0.05, 0.1) is 84.2 Å². The first-order valence-electron chi connectivity index (χ1n) is 27.9. The van der Waals surface area contributed by atoms with Crippen molar-refractivity contribution in [3.63, 3.8) is 0 Å². The van der Waals surface area contributed by atoms with Crippen molar-refractivity contribution in [2.45, 2.75) is 201 Å². The Morgan fingerprint density at radius 1 is 0.333 bits per heavy atom. The number of nitrogens with zero attached hydrogens (tertiary/aromatic N) is 3. The summed E-state index contributed by atoms with van der Waals surface area (Å²) in [5.41, 5.74) is -4.13. The van der Waals surface area contributed by atoms with Gasteiger partial charge in [-0.2, -0.15) is 115 Å². The van der Waals surface area contributed by atoms with Gasteiger partial charge < -0.3 is 42.6 Å². The Kier molecular flexibility index (Phi) is 51.0. The average Bonchev–Trinajstić information content (AvgIpc) is 1.62. The molecule has 1 aromatic rings. The Balaban J connectivity index is -0.00000127. The summed E-state index contributed by atoms with van der Waals surface area (Å²) in [7, 11) is 0. The third-order valence-electron chi connectivity index (χ3n) is 10.5. The van der Waals surface area contributed by atoms with Crippen molar-refractivity contribution in [3.05, 3.63) is 31.5 Å². The molecule has 1 aromatic heterocycles. The maximum Gasteiger partial charge on any atom is 0.336 e. The van der Waals surface area contributed by atoms with Crippen LogP contribution in [0.2, 0.25) is 0 Å². The summed E-state index contributed by atoms with van der Waals surface area (Å²) in [5, 5.41) is -1.35. The molecular formula is C54H93N3O21S9. The lowest BCUT2D eigenvalue weighted by Gasteiger charge is -2.32. The molecule has 87 heavy (non-hydrogen) atoms. The fourth-order valence-corrected chi connectivity index (χ4v) is 7.64. The zero-order chi connectivity index (χ0) is 66.1. The zero-order valence-electron chi connectivity index (χ0n) is 51.1. The average molecular weight is 1410 g/mol. The van der Waals surface area contributed by atoms with Crippen LogP contribution in [0, 0.1) is 5.41 Å².